The molecule has 3 heterocycles. The minimum atomic E-state index is 0.781. The predicted octanol–water partition coefficient (Wildman–Crippen LogP) is 9.70. The molecular weight excluding hydrogens is 500 g/mol. The summed E-state index contributed by atoms with van der Waals surface area (Å²) in [4.78, 5) is 19.1. The van der Waals surface area contributed by atoms with Crippen molar-refractivity contribution in [1.82, 2.24) is 15.0 Å². The highest BCUT2D eigenvalue weighted by atomic mass is 14.8. The molecule has 0 atom stereocenters. The fraction of sp³-hybridized carbons (Fsp3) is 0.0270. The van der Waals surface area contributed by atoms with Crippen LogP contribution in [0.2, 0.25) is 0 Å². The van der Waals surface area contributed by atoms with Gasteiger partial charge in [-0.05, 0) is 61.2 Å². The number of hydrogen-bond donors (Lipinski definition) is 0. The van der Waals surface area contributed by atoms with Crippen molar-refractivity contribution in [2.75, 3.05) is 0 Å². The molecule has 4 nitrogen and oxygen atoms in total. The van der Waals surface area contributed by atoms with Gasteiger partial charge in [0.25, 0.3) is 0 Å². The van der Waals surface area contributed by atoms with Gasteiger partial charge in [0, 0.05) is 39.0 Å². The highest BCUT2D eigenvalue weighted by molar-refractivity contribution is 6.04. The normalized spacial score (nSPS) is 11.5. The molecule has 0 aliphatic carbocycles. The molecule has 0 unspecified atom stereocenters. The summed E-state index contributed by atoms with van der Waals surface area (Å²) in [5.74, 6) is 0. The first-order chi connectivity index (χ1) is 20.2. The number of aromatic nitrogens is 3. The van der Waals surface area contributed by atoms with Gasteiger partial charge in [-0.25, -0.2) is 9.97 Å². The Bertz CT molecular complexity index is 2130. The van der Waals surface area contributed by atoms with Crippen molar-refractivity contribution in [3.8, 4) is 33.6 Å². The van der Waals surface area contributed by atoms with Crippen LogP contribution in [0.15, 0.2) is 126 Å². The second-order valence-electron chi connectivity index (χ2n) is 9.99. The summed E-state index contributed by atoms with van der Waals surface area (Å²) in [5, 5.41) is 3.19. The number of hydrogen-bond acceptors (Lipinski definition) is 4. The van der Waals surface area contributed by atoms with Crippen LogP contribution in [0.1, 0.15) is 12.5 Å². The maximum Gasteiger partial charge on any atom is 0.0971 e. The van der Waals surface area contributed by atoms with E-state index < -0.39 is 0 Å². The minimum absolute atomic E-state index is 0.781. The lowest BCUT2D eigenvalue weighted by atomic mass is 9.98. The number of allylic oxidation sites excluding steroid dienone is 1. The Morgan fingerprint density at radius 3 is 2.10 bits per heavy atom. The zero-order valence-corrected chi connectivity index (χ0v) is 22.6. The molecule has 0 N–H and O–H groups in total. The lowest BCUT2D eigenvalue weighted by molar-refractivity contribution is 1.36. The standard InChI is InChI=1S/C37H26N4/c1-3-8-29-21-31(30-11-7-20-39-37(30)36(29)38-2)33-19-17-26-13-15-28(23-35(26)41-33)32-18-16-25-12-14-27(22-34(25)40-32)24-9-5-4-6-10-24/h3-23H,2H2,1H3/b8-3-. The molecule has 7 rings (SSSR count). The lowest BCUT2D eigenvalue weighted by Crippen LogP contribution is -1.92. The van der Waals surface area contributed by atoms with Gasteiger partial charge >= 0.3 is 0 Å². The van der Waals surface area contributed by atoms with E-state index in [0.717, 1.165) is 72.0 Å². The van der Waals surface area contributed by atoms with Gasteiger partial charge in [-0.15, -0.1) is 0 Å². The Balaban J connectivity index is 1.34. The molecule has 0 aliphatic rings. The van der Waals surface area contributed by atoms with E-state index >= 15 is 0 Å². The molecule has 194 valence electrons. The van der Waals surface area contributed by atoms with Gasteiger partial charge in [0.15, 0.2) is 0 Å². The summed E-state index contributed by atoms with van der Waals surface area (Å²) in [6, 6.07) is 37.8. The molecule has 4 aromatic carbocycles. The summed E-state index contributed by atoms with van der Waals surface area (Å²) in [7, 11) is 0. The van der Waals surface area contributed by atoms with E-state index in [9.17, 15) is 0 Å². The van der Waals surface area contributed by atoms with Crippen LogP contribution >= 0.6 is 0 Å². The van der Waals surface area contributed by atoms with Crippen LogP contribution in [0, 0.1) is 0 Å². The van der Waals surface area contributed by atoms with E-state index in [1.807, 2.05) is 31.2 Å². The first-order valence-corrected chi connectivity index (χ1v) is 13.6. The van der Waals surface area contributed by atoms with Crippen molar-refractivity contribution in [1.29, 1.82) is 0 Å². The van der Waals surface area contributed by atoms with E-state index in [0.29, 0.717) is 0 Å². The second kappa shape index (κ2) is 10.2. The van der Waals surface area contributed by atoms with Crippen molar-refractivity contribution in [3.05, 3.63) is 127 Å². The Morgan fingerprint density at radius 1 is 0.659 bits per heavy atom. The highest BCUT2D eigenvalue weighted by Gasteiger charge is 2.14. The van der Waals surface area contributed by atoms with Gasteiger partial charge in [0.2, 0.25) is 0 Å². The zero-order chi connectivity index (χ0) is 27.8. The molecule has 0 spiro atoms. The molecule has 0 fully saturated rings. The third-order valence-corrected chi connectivity index (χ3v) is 7.46. The maximum absolute atomic E-state index is 5.13. The smallest absolute Gasteiger partial charge is 0.0971 e. The average Bonchev–Trinajstić information content (AvgIpc) is 3.04. The van der Waals surface area contributed by atoms with Crippen molar-refractivity contribution in [2.24, 2.45) is 4.99 Å². The number of nitrogens with zero attached hydrogens (tertiary/aromatic N) is 4. The molecule has 0 aliphatic heterocycles. The van der Waals surface area contributed by atoms with E-state index in [4.69, 9.17) is 9.97 Å². The Labute approximate surface area is 238 Å². The van der Waals surface area contributed by atoms with Crippen LogP contribution in [0.25, 0.3) is 72.4 Å². The molecule has 0 radical (unpaired) electrons. The van der Waals surface area contributed by atoms with E-state index in [1.165, 1.54) is 5.56 Å². The molecule has 7 aromatic rings. The predicted molar refractivity (Wildman–Crippen MR) is 173 cm³/mol. The molecule has 0 saturated carbocycles. The minimum Gasteiger partial charge on any atom is -0.262 e. The Hall–Kier alpha value is -5.48. The maximum atomic E-state index is 5.13. The van der Waals surface area contributed by atoms with Gasteiger partial charge in [0.05, 0.1) is 33.6 Å². The van der Waals surface area contributed by atoms with Gasteiger partial charge in [-0.2, -0.15) is 0 Å². The fourth-order valence-electron chi connectivity index (χ4n) is 5.45. The molecule has 0 amide bonds. The third-order valence-electron chi connectivity index (χ3n) is 7.46. The molecule has 0 saturated heterocycles. The first-order valence-electron chi connectivity index (χ1n) is 13.6. The number of rotatable bonds is 5. The van der Waals surface area contributed by atoms with Crippen LogP contribution in [-0.2, 0) is 0 Å². The van der Waals surface area contributed by atoms with E-state index in [2.05, 4.69) is 114 Å². The fourth-order valence-corrected chi connectivity index (χ4v) is 5.45. The Kier molecular flexibility index (Phi) is 6.14. The number of fused-ring (bicyclic) bond motifs is 3. The second-order valence-corrected chi connectivity index (χ2v) is 9.99. The third kappa shape index (κ3) is 4.46. The summed E-state index contributed by atoms with van der Waals surface area (Å²) in [6.07, 6.45) is 5.83. The number of pyridine rings is 3. The van der Waals surface area contributed by atoms with Crippen molar-refractivity contribution >= 4 is 51.2 Å². The van der Waals surface area contributed by atoms with E-state index in [1.54, 1.807) is 6.20 Å². The van der Waals surface area contributed by atoms with Crippen LogP contribution in [0.3, 0.4) is 0 Å². The number of benzene rings is 4. The van der Waals surface area contributed by atoms with E-state index in [-0.39, 0.29) is 0 Å². The van der Waals surface area contributed by atoms with Gasteiger partial charge in [0.1, 0.15) is 0 Å². The zero-order valence-electron chi connectivity index (χ0n) is 22.6. The van der Waals surface area contributed by atoms with Crippen molar-refractivity contribution in [2.45, 2.75) is 6.92 Å². The SMILES string of the molecule is C=Nc1c(/C=C\C)cc(-c2ccc3ccc(-c4ccc5ccc(-c6ccccc6)cc5n4)cc3n2)c2cccnc12. The monoisotopic (exact) mass is 526 g/mol. The van der Waals surface area contributed by atoms with Gasteiger partial charge < -0.3 is 0 Å². The molecule has 41 heavy (non-hydrogen) atoms. The number of aliphatic imine (C=N–C) groups is 1. The Morgan fingerprint density at radius 2 is 1.34 bits per heavy atom. The molecule has 3 aromatic heterocycles. The molecule has 4 heteroatoms. The van der Waals surface area contributed by atoms with Gasteiger partial charge in [-0.1, -0.05) is 84.9 Å². The largest absolute Gasteiger partial charge is 0.262 e. The van der Waals surface area contributed by atoms with Crippen molar-refractivity contribution in [3.63, 3.8) is 0 Å². The summed E-state index contributed by atoms with van der Waals surface area (Å²) < 4.78 is 0. The molecule has 0 bridgehead atoms. The average molecular weight is 527 g/mol. The van der Waals surface area contributed by atoms with Crippen LogP contribution in [0.5, 0.6) is 0 Å². The lowest BCUT2D eigenvalue weighted by Gasteiger charge is -2.12. The molecular formula is C37H26N4. The highest BCUT2D eigenvalue weighted by Crippen LogP contribution is 2.37. The topological polar surface area (TPSA) is 51.0 Å². The summed E-state index contributed by atoms with van der Waals surface area (Å²) in [6.45, 7) is 5.79. The summed E-state index contributed by atoms with van der Waals surface area (Å²) >= 11 is 0. The van der Waals surface area contributed by atoms with Crippen LogP contribution in [0.4, 0.5) is 5.69 Å². The first kappa shape index (κ1) is 24.6. The van der Waals surface area contributed by atoms with Gasteiger partial charge in [-0.3, -0.25) is 9.98 Å². The van der Waals surface area contributed by atoms with Crippen molar-refractivity contribution < 1.29 is 0 Å². The quantitative estimate of drug-likeness (QED) is 0.210. The summed E-state index contributed by atoms with van der Waals surface area (Å²) in [5.41, 5.74) is 10.6. The van der Waals surface area contributed by atoms with Crippen LogP contribution < -0.4 is 0 Å². The van der Waals surface area contributed by atoms with Crippen LogP contribution in [-0.4, -0.2) is 21.7 Å².